The first-order valence-corrected chi connectivity index (χ1v) is 7.21. The quantitative estimate of drug-likeness (QED) is 0.500. The first kappa shape index (κ1) is 13.4. The standard InChI is InChI=1S/C14H21N3S/c1-10-4-3-5-17(9-10)18-13-7-11(2)6-12(8-15)14(13)16/h6-8,10,15H,3-5,9,16H2,1-2H3. The van der Waals surface area contributed by atoms with Crippen molar-refractivity contribution in [1.82, 2.24) is 4.31 Å². The minimum absolute atomic E-state index is 0.735. The Morgan fingerprint density at radius 3 is 2.94 bits per heavy atom. The highest BCUT2D eigenvalue weighted by atomic mass is 32.2. The van der Waals surface area contributed by atoms with E-state index in [0.717, 1.165) is 40.7 Å². The van der Waals surface area contributed by atoms with Crippen LogP contribution in [0.1, 0.15) is 30.9 Å². The minimum atomic E-state index is 0.735. The van der Waals surface area contributed by atoms with Crippen LogP contribution in [0, 0.1) is 18.3 Å². The summed E-state index contributed by atoms with van der Waals surface area (Å²) in [6.07, 6.45) is 3.93. The maximum absolute atomic E-state index is 7.40. The van der Waals surface area contributed by atoms with E-state index < -0.39 is 0 Å². The third-order valence-electron chi connectivity index (χ3n) is 3.32. The lowest BCUT2D eigenvalue weighted by molar-refractivity contribution is 0.302. The smallest absolute Gasteiger partial charge is 0.0554 e. The summed E-state index contributed by atoms with van der Waals surface area (Å²) in [5, 5.41) is 7.40. The van der Waals surface area contributed by atoms with Crippen LogP contribution in [0.4, 0.5) is 5.69 Å². The Labute approximate surface area is 113 Å². The Morgan fingerprint density at radius 2 is 2.28 bits per heavy atom. The number of anilines is 1. The molecule has 1 unspecified atom stereocenters. The van der Waals surface area contributed by atoms with Gasteiger partial charge in [0.15, 0.2) is 0 Å². The second-order valence-corrected chi connectivity index (χ2v) is 6.28. The van der Waals surface area contributed by atoms with Crippen LogP contribution in [0.2, 0.25) is 0 Å². The number of rotatable bonds is 3. The highest BCUT2D eigenvalue weighted by molar-refractivity contribution is 7.97. The number of aryl methyl sites for hydroxylation is 1. The summed E-state index contributed by atoms with van der Waals surface area (Å²) in [4.78, 5) is 1.09. The fourth-order valence-corrected chi connectivity index (χ4v) is 3.64. The van der Waals surface area contributed by atoms with Gasteiger partial charge in [-0.1, -0.05) is 6.92 Å². The van der Waals surface area contributed by atoms with Crippen LogP contribution in [0.25, 0.3) is 0 Å². The molecule has 2 rings (SSSR count). The second kappa shape index (κ2) is 5.76. The van der Waals surface area contributed by atoms with Crippen molar-refractivity contribution in [1.29, 1.82) is 5.41 Å². The number of nitrogens with one attached hydrogen (secondary N) is 1. The van der Waals surface area contributed by atoms with E-state index in [2.05, 4.69) is 24.2 Å². The van der Waals surface area contributed by atoms with Gasteiger partial charge in [-0.3, -0.25) is 0 Å². The summed E-state index contributed by atoms with van der Waals surface area (Å²) in [6, 6.07) is 4.08. The van der Waals surface area contributed by atoms with E-state index in [0.29, 0.717) is 0 Å². The molecule has 3 N–H and O–H groups in total. The topological polar surface area (TPSA) is 53.1 Å². The molecule has 0 aromatic heterocycles. The van der Waals surface area contributed by atoms with Gasteiger partial charge in [0, 0.05) is 29.8 Å². The molecule has 1 saturated heterocycles. The molecule has 3 nitrogen and oxygen atoms in total. The zero-order valence-electron chi connectivity index (χ0n) is 11.1. The fourth-order valence-electron chi connectivity index (χ4n) is 2.35. The molecule has 0 radical (unpaired) electrons. The summed E-state index contributed by atoms with van der Waals surface area (Å²) >= 11 is 1.74. The lowest BCUT2D eigenvalue weighted by Gasteiger charge is -2.30. The summed E-state index contributed by atoms with van der Waals surface area (Å²) in [6.45, 7) is 6.60. The third kappa shape index (κ3) is 3.06. The monoisotopic (exact) mass is 263 g/mol. The van der Waals surface area contributed by atoms with E-state index in [1.165, 1.54) is 19.1 Å². The maximum atomic E-state index is 7.40. The van der Waals surface area contributed by atoms with Crippen LogP contribution in [0.15, 0.2) is 17.0 Å². The molecule has 1 fully saturated rings. The van der Waals surface area contributed by atoms with E-state index in [4.69, 9.17) is 11.1 Å². The predicted octanol–water partition coefficient (Wildman–Crippen LogP) is 3.31. The van der Waals surface area contributed by atoms with Crippen LogP contribution >= 0.6 is 11.9 Å². The molecule has 0 aliphatic carbocycles. The molecule has 1 heterocycles. The average Bonchev–Trinajstić information content (AvgIpc) is 2.33. The molecule has 98 valence electrons. The van der Waals surface area contributed by atoms with Crippen molar-refractivity contribution >= 4 is 23.8 Å². The first-order chi connectivity index (χ1) is 8.60. The molecule has 1 aliphatic heterocycles. The Morgan fingerprint density at radius 1 is 1.50 bits per heavy atom. The lowest BCUT2D eigenvalue weighted by Crippen LogP contribution is -2.28. The number of hydrogen-bond donors (Lipinski definition) is 2. The van der Waals surface area contributed by atoms with Crippen LogP contribution in [-0.2, 0) is 0 Å². The maximum Gasteiger partial charge on any atom is 0.0554 e. The van der Waals surface area contributed by atoms with Crippen molar-refractivity contribution in [3.63, 3.8) is 0 Å². The molecule has 0 saturated carbocycles. The summed E-state index contributed by atoms with van der Waals surface area (Å²) < 4.78 is 2.40. The van der Waals surface area contributed by atoms with E-state index in [9.17, 15) is 0 Å². The van der Waals surface area contributed by atoms with Gasteiger partial charge in [0.1, 0.15) is 0 Å². The molecule has 1 aromatic carbocycles. The zero-order valence-corrected chi connectivity index (χ0v) is 11.9. The highest BCUT2D eigenvalue weighted by Gasteiger charge is 2.18. The van der Waals surface area contributed by atoms with E-state index in [-0.39, 0.29) is 0 Å². The van der Waals surface area contributed by atoms with E-state index in [1.807, 2.05) is 6.07 Å². The first-order valence-electron chi connectivity index (χ1n) is 6.43. The Kier molecular flexibility index (Phi) is 4.30. The average molecular weight is 263 g/mol. The number of nitrogens with zero attached hydrogens (tertiary/aromatic N) is 1. The van der Waals surface area contributed by atoms with Crippen molar-refractivity contribution in [3.8, 4) is 0 Å². The van der Waals surface area contributed by atoms with Crippen LogP contribution < -0.4 is 5.73 Å². The third-order valence-corrected chi connectivity index (χ3v) is 4.45. The normalized spacial score (nSPS) is 20.9. The van der Waals surface area contributed by atoms with Crippen molar-refractivity contribution in [2.24, 2.45) is 5.92 Å². The van der Waals surface area contributed by atoms with Gasteiger partial charge < -0.3 is 11.1 Å². The molecule has 1 aromatic rings. The molecular weight excluding hydrogens is 242 g/mol. The number of hydrogen-bond acceptors (Lipinski definition) is 4. The van der Waals surface area contributed by atoms with E-state index >= 15 is 0 Å². The van der Waals surface area contributed by atoms with Crippen molar-refractivity contribution < 1.29 is 0 Å². The van der Waals surface area contributed by atoms with Gasteiger partial charge in [-0.25, -0.2) is 4.31 Å². The van der Waals surface area contributed by atoms with Gasteiger partial charge in [-0.05, 0) is 55.3 Å². The van der Waals surface area contributed by atoms with Crippen molar-refractivity contribution in [3.05, 3.63) is 23.3 Å². The summed E-state index contributed by atoms with van der Waals surface area (Å²) in [7, 11) is 0. The van der Waals surface area contributed by atoms with Crippen LogP contribution in [0.3, 0.4) is 0 Å². The Balaban J connectivity index is 2.17. The molecule has 1 aliphatic rings. The van der Waals surface area contributed by atoms with Gasteiger partial charge >= 0.3 is 0 Å². The number of piperidine rings is 1. The van der Waals surface area contributed by atoms with Crippen molar-refractivity contribution in [2.75, 3.05) is 18.8 Å². The fraction of sp³-hybridized carbons (Fsp3) is 0.500. The van der Waals surface area contributed by atoms with Crippen LogP contribution in [0.5, 0.6) is 0 Å². The van der Waals surface area contributed by atoms with E-state index in [1.54, 1.807) is 11.9 Å². The van der Waals surface area contributed by atoms with Crippen LogP contribution in [-0.4, -0.2) is 23.6 Å². The largest absolute Gasteiger partial charge is 0.397 e. The van der Waals surface area contributed by atoms with Crippen molar-refractivity contribution in [2.45, 2.75) is 31.6 Å². The van der Waals surface area contributed by atoms with Gasteiger partial charge in [-0.2, -0.15) is 0 Å². The lowest BCUT2D eigenvalue weighted by atomic mass is 10.0. The summed E-state index contributed by atoms with van der Waals surface area (Å²) in [5.41, 5.74) is 8.83. The van der Waals surface area contributed by atoms with Gasteiger partial charge in [-0.15, -0.1) is 0 Å². The number of benzene rings is 1. The minimum Gasteiger partial charge on any atom is -0.397 e. The second-order valence-electron chi connectivity index (χ2n) is 5.14. The molecule has 0 bridgehead atoms. The molecule has 4 heteroatoms. The Bertz CT molecular complexity index is 445. The molecule has 0 amide bonds. The van der Waals surface area contributed by atoms with Gasteiger partial charge in [0.05, 0.1) is 5.69 Å². The Hall–Kier alpha value is -1.00. The predicted molar refractivity (Wildman–Crippen MR) is 79.3 cm³/mol. The summed E-state index contributed by atoms with van der Waals surface area (Å²) in [5.74, 6) is 0.763. The number of nitrogens with two attached hydrogens (primary N) is 1. The molecule has 0 spiro atoms. The SMILES string of the molecule is Cc1cc(C=N)c(N)c(SN2CCCC(C)C2)c1. The van der Waals surface area contributed by atoms with Gasteiger partial charge in [0.25, 0.3) is 0 Å². The molecule has 18 heavy (non-hydrogen) atoms. The zero-order chi connectivity index (χ0) is 13.1. The number of nitrogen functional groups attached to an aromatic ring is 1. The highest BCUT2D eigenvalue weighted by Crippen LogP contribution is 2.33. The van der Waals surface area contributed by atoms with Gasteiger partial charge in [0.2, 0.25) is 0 Å². The molecular formula is C14H21N3S. The molecule has 1 atom stereocenters.